The number of hydrogen-bond donors (Lipinski definition) is 0. The molecular weight excluding hydrogens is 247 g/mol. The third-order valence-corrected chi connectivity index (χ3v) is 4.87. The molecule has 3 heteroatoms. The van der Waals surface area contributed by atoms with Gasteiger partial charge in [0.05, 0.1) is 5.75 Å². The second-order valence-electron chi connectivity index (χ2n) is 4.95. The molecule has 0 amide bonds. The van der Waals surface area contributed by atoms with Crippen molar-refractivity contribution in [3.05, 3.63) is 35.1 Å². The average Bonchev–Trinajstić information content (AvgIpc) is 2.40. The lowest BCUT2D eigenvalue weighted by Crippen LogP contribution is -2.13. The highest BCUT2D eigenvalue weighted by molar-refractivity contribution is 8.00. The molecule has 98 valence electrons. The van der Waals surface area contributed by atoms with Gasteiger partial charge in [0.15, 0.2) is 5.78 Å². The number of benzene rings is 1. The van der Waals surface area contributed by atoms with E-state index in [4.69, 9.17) is 0 Å². The summed E-state index contributed by atoms with van der Waals surface area (Å²) in [6, 6.07) is 4.44. The van der Waals surface area contributed by atoms with Crippen molar-refractivity contribution in [2.24, 2.45) is 0 Å². The fourth-order valence-corrected chi connectivity index (χ4v) is 3.61. The van der Waals surface area contributed by atoms with Crippen LogP contribution in [0, 0.1) is 12.7 Å². The van der Waals surface area contributed by atoms with Gasteiger partial charge in [0.2, 0.25) is 0 Å². The van der Waals surface area contributed by atoms with E-state index < -0.39 is 0 Å². The summed E-state index contributed by atoms with van der Waals surface area (Å²) in [5, 5.41) is 0.622. The zero-order valence-electron chi connectivity index (χ0n) is 10.7. The third kappa shape index (κ3) is 3.58. The maximum Gasteiger partial charge on any atom is 0.173 e. The van der Waals surface area contributed by atoms with Crippen molar-refractivity contribution in [1.82, 2.24) is 0 Å². The molecule has 1 aromatic carbocycles. The van der Waals surface area contributed by atoms with Gasteiger partial charge in [-0.05, 0) is 37.5 Å². The number of rotatable bonds is 4. The zero-order valence-corrected chi connectivity index (χ0v) is 11.6. The van der Waals surface area contributed by atoms with Crippen LogP contribution in [0.5, 0.6) is 0 Å². The fraction of sp³-hybridized carbons (Fsp3) is 0.533. The first-order valence-electron chi connectivity index (χ1n) is 6.58. The Balaban J connectivity index is 1.92. The topological polar surface area (TPSA) is 17.1 Å². The Morgan fingerprint density at radius 2 is 2.06 bits per heavy atom. The highest BCUT2D eigenvalue weighted by Gasteiger charge is 2.17. The summed E-state index contributed by atoms with van der Waals surface area (Å²) in [5.74, 6) is 0.212. The van der Waals surface area contributed by atoms with Gasteiger partial charge in [0.25, 0.3) is 0 Å². The minimum atomic E-state index is -0.327. The van der Waals surface area contributed by atoms with E-state index in [9.17, 15) is 9.18 Å². The first kappa shape index (κ1) is 13.6. The monoisotopic (exact) mass is 266 g/mol. The van der Waals surface area contributed by atoms with Gasteiger partial charge in [-0.15, -0.1) is 0 Å². The number of Topliss-reactive ketones (excluding diaryl/α,β-unsaturated/α-hetero) is 1. The SMILES string of the molecule is Cc1ccc(F)cc1C(=O)CSC1CCCCC1. The van der Waals surface area contributed by atoms with Crippen LogP contribution >= 0.6 is 11.8 Å². The molecule has 1 aliphatic carbocycles. The van der Waals surface area contributed by atoms with Crippen molar-refractivity contribution in [1.29, 1.82) is 0 Å². The second-order valence-corrected chi connectivity index (χ2v) is 6.24. The smallest absolute Gasteiger partial charge is 0.173 e. The lowest BCUT2D eigenvalue weighted by Gasteiger charge is -2.20. The van der Waals surface area contributed by atoms with Gasteiger partial charge in [-0.3, -0.25) is 4.79 Å². The Kier molecular flexibility index (Phi) is 4.81. The highest BCUT2D eigenvalue weighted by atomic mass is 32.2. The summed E-state index contributed by atoms with van der Waals surface area (Å²) in [5.41, 5.74) is 1.41. The molecule has 1 saturated carbocycles. The Morgan fingerprint density at radius 3 is 2.78 bits per heavy atom. The number of carbonyl (C=O) groups is 1. The van der Waals surface area contributed by atoms with Gasteiger partial charge in [0, 0.05) is 10.8 Å². The number of hydrogen-bond acceptors (Lipinski definition) is 2. The Hall–Kier alpha value is -0.830. The van der Waals surface area contributed by atoms with Gasteiger partial charge in [0.1, 0.15) is 5.82 Å². The van der Waals surface area contributed by atoms with Crippen molar-refractivity contribution >= 4 is 17.5 Å². The normalized spacial score (nSPS) is 16.8. The van der Waals surface area contributed by atoms with E-state index in [0.717, 1.165) is 5.56 Å². The predicted octanol–water partition coefficient (Wildman–Crippen LogP) is 4.38. The van der Waals surface area contributed by atoms with Gasteiger partial charge in [-0.2, -0.15) is 11.8 Å². The van der Waals surface area contributed by atoms with Crippen LogP contribution in [-0.4, -0.2) is 16.8 Å². The third-order valence-electron chi connectivity index (χ3n) is 3.50. The molecule has 0 bridgehead atoms. The lowest BCUT2D eigenvalue weighted by atomic mass is 10.0. The van der Waals surface area contributed by atoms with Gasteiger partial charge in [-0.1, -0.05) is 25.3 Å². The molecule has 0 atom stereocenters. The van der Waals surface area contributed by atoms with Crippen molar-refractivity contribution in [2.75, 3.05) is 5.75 Å². The summed E-state index contributed by atoms with van der Waals surface area (Å²) in [6.07, 6.45) is 6.34. The van der Waals surface area contributed by atoms with Gasteiger partial charge in [-0.25, -0.2) is 4.39 Å². The van der Waals surface area contributed by atoms with Crippen LogP contribution in [0.2, 0.25) is 0 Å². The summed E-state index contributed by atoms with van der Waals surface area (Å²) < 4.78 is 13.1. The molecule has 0 aliphatic heterocycles. The van der Waals surface area contributed by atoms with Crippen molar-refractivity contribution in [2.45, 2.75) is 44.3 Å². The lowest BCUT2D eigenvalue weighted by molar-refractivity contribution is 0.102. The molecule has 2 rings (SSSR count). The van der Waals surface area contributed by atoms with E-state index in [1.165, 1.54) is 44.2 Å². The molecule has 0 N–H and O–H groups in total. The molecule has 1 aromatic rings. The molecular formula is C15H19FOS. The standard InChI is InChI=1S/C15H19FOS/c1-11-7-8-12(16)9-14(11)15(17)10-18-13-5-3-2-4-6-13/h7-9,13H,2-6,10H2,1H3. The molecule has 0 aromatic heterocycles. The maximum absolute atomic E-state index is 13.1. The Labute approximate surface area is 112 Å². The second kappa shape index (κ2) is 6.37. The van der Waals surface area contributed by atoms with E-state index in [2.05, 4.69) is 0 Å². The van der Waals surface area contributed by atoms with Crippen molar-refractivity contribution < 1.29 is 9.18 Å². The first-order valence-corrected chi connectivity index (χ1v) is 7.62. The number of aryl methyl sites for hydroxylation is 1. The highest BCUT2D eigenvalue weighted by Crippen LogP contribution is 2.28. The molecule has 1 nitrogen and oxygen atoms in total. The average molecular weight is 266 g/mol. The van der Waals surface area contributed by atoms with E-state index in [0.29, 0.717) is 16.6 Å². The number of ketones is 1. The van der Waals surface area contributed by atoms with Crippen LogP contribution in [-0.2, 0) is 0 Å². The van der Waals surface area contributed by atoms with E-state index in [-0.39, 0.29) is 11.6 Å². The molecule has 18 heavy (non-hydrogen) atoms. The molecule has 1 aliphatic rings. The quantitative estimate of drug-likeness (QED) is 0.752. The molecule has 0 saturated heterocycles. The summed E-state index contributed by atoms with van der Waals surface area (Å²) in [6.45, 7) is 1.86. The summed E-state index contributed by atoms with van der Waals surface area (Å²) in [4.78, 5) is 12.1. The summed E-state index contributed by atoms with van der Waals surface area (Å²) >= 11 is 1.74. The molecule has 0 radical (unpaired) electrons. The van der Waals surface area contributed by atoms with Crippen LogP contribution in [0.25, 0.3) is 0 Å². The van der Waals surface area contributed by atoms with E-state index in [1.54, 1.807) is 17.8 Å². The van der Waals surface area contributed by atoms with E-state index >= 15 is 0 Å². The van der Waals surface area contributed by atoms with Crippen LogP contribution in [0.1, 0.15) is 48.0 Å². The Bertz CT molecular complexity index is 425. The van der Waals surface area contributed by atoms with Crippen LogP contribution in [0.4, 0.5) is 4.39 Å². The zero-order chi connectivity index (χ0) is 13.0. The van der Waals surface area contributed by atoms with Crippen molar-refractivity contribution in [3.8, 4) is 0 Å². The molecule has 0 unspecified atom stereocenters. The number of halogens is 1. The van der Waals surface area contributed by atoms with Crippen LogP contribution in [0.15, 0.2) is 18.2 Å². The molecule has 1 fully saturated rings. The van der Waals surface area contributed by atoms with Crippen LogP contribution < -0.4 is 0 Å². The molecule has 0 spiro atoms. The summed E-state index contributed by atoms with van der Waals surface area (Å²) in [7, 11) is 0. The predicted molar refractivity (Wildman–Crippen MR) is 74.8 cm³/mol. The first-order chi connectivity index (χ1) is 8.66. The fourth-order valence-electron chi connectivity index (χ4n) is 2.40. The van der Waals surface area contributed by atoms with Crippen molar-refractivity contribution in [3.63, 3.8) is 0 Å². The van der Waals surface area contributed by atoms with Crippen LogP contribution in [0.3, 0.4) is 0 Å². The maximum atomic E-state index is 13.1. The Morgan fingerprint density at radius 1 is 1.33 bits per heavy atom. The van der Waals surface area contributed by atoms with E-state index in [1.807, 2.05) is 6.92 Å². The van der Waals surface area contributed by atoms with Gasteiger partial charge < -0.3 is 0 Å². The minimum absolute atomic E-state index is 0.0579. The number of thioether (sulfide) groups is 1. The minimum Gasteiger partial charge on any atom is -0.293 e. The largest absolute Gasteiger partial charge is 0.293 e. The number of carbonyl (C=O) groups excluding carboxylic acids is 1. The van der Waals surface area contributed by atoms with Gasteiger partial charge >= 0.3 is 0 Å². The molecule has 0 heterocycles.